The van der Waals surface area contributed by atoms with Gasteiger partial charge in [-0.1, -0.05) is 49.6 Å². The van der Waals surface area contributed by atoms with Crippen molar-refractivity contribution in [1.29, 1.82) is 0 Å². The Bertz CT molecular complexity index is 452. The highest BCUT2D eigenvalue weighted by molar-refractivity contribution is 5.78. The molecule has 0 bridgehead atoms. The van der Waals surface area contributed by atoms with Crippen LogP contribution in [0.15, 0.2) is 36.4 Å². The van der Waals surface area contributed by atoms with Gasteiger partial charge in [0.25, 0.3) is 0 Å². The number of benzene rings is 1. The third-order valence-electron chi connectivity index (χ3n) is 3.25. The van der Waals surface area contributed by atoms with Crippen molar-refractivity contribution in [2.75, 3.05) is 0 Å². The van der Waals surface area contributed by atoms with E-state index in [1.54, 1.807) is 0 Å². The van der Waals surface area contributed by atoms with Gasteiger partial charge in [-0.25, -0.2) is 0 Å². The van der Waals surface area contributed by atoms with Crippen LogP contribution in [0.1, 0.15) is 32.3 Å². The van der Waals surface area contributed by atoms with Crippen molar-refractivity contribution in [3.8, 4) is 12.3 Å². The fraction of sp³-hybridized carbons (Fsp3) is 0.375. The summed E-state index contributed by atoms with van der Waals surface area (Å²) < 4.78 is 5.73. The maximum Gasteiger partial charge on any atom is 0.107 e. The first kappa shape index (κ1) is 12.0. The van der Waals surface area contributed by atoms with E-state index >= 15 is 0 Å². The van der Waals surface area contributed by atoms with E-state index in [4.69, 9.17) is 11.2 Å². The highest BCUT2D eigenvalue weighted by atomic mass is 16.6. The number of terminal acetylenes is 1. The van der Waals surface area contributed by atoms with Gasteiger partial charge in [-0.2, -0.15) is 0 Å². The smallest absolute Gasteiger partial charge is 0.107 e. The summed E-state index contributed by atoms with van der Waals surface area (Å²) in [5.41, 5.74) is 2.02. The highest BCUT2D eigenvalue weighted by Crippen LogP contribution is 2.42. The monoisotopic (exact) mass is 226 g/mol. The first-order valence-corrected chi connectivity index (χ1v) is 6.11. The number of hydrogen-bond donors (Lipinski definition) is 0. The third kappa shape index (κ3) is 2.60. The van der Waals surface area contributed by atoms with Gasteiger partial charge < -0.3 is 4.74 Å². The molecular formula is C16H18O. The van der Waals surface area contributed by atoms with Gasteiger partial charge >= 0.3 is 0 Å². The summed E-state index contributed by atoms with van der Waals surface area (Å²) in [5, 5.41) is 0. The first-order valence-electron chi connectivity index (χ1n) is 6.11. The second kappa shape index (κ2) is 4.77. The zero-order valence-corrected chi connectivity index (χ0v) is 10.4. The van der Waals surface area contributed by atoms with Crippen LogP contribution >= 0.6 is 0 Å². The van der Waals surface area contributed by atoms with Crippen LogP contribution in [-0.4, -0.2) is 11.7 Å². The van der Waals surface area contributed by atoms with E-state index in [-0.39, 0.29) is 11.7 Å². The molecule has 1 heterocycles. The second-order valence-corrected chi connectivity index (χ2v) is 4.69. The van der Waals surface area contributed by atoms with Crippen LogP contribution in [0.3, 0.4) is 0 Å². The van der Waals surface area contributed by atoms with Crippen molar-refractivity contribution in [2.45, 2.75) is 38.4 Å². The van der Waals surface area contributed by atoms with E-state index in [1.807, 2.05) is 30.3 Å². The van der Waals surface area contributed by atoms with Crippen LogP contribution in [0.2, 0.25) is 0 Å². The summed E-state index contributed by atoms with van der Waals surface area (Å²) in [6.45, 7) is 4.32. The number of epoxide rings is 1. The molecule has 0 saturated carbocycles. The fourth-order valence-corrected chi connectivity index (χ4v) is 2.16. The molecule has 2 rings (SSSR count). The van der Waals surface area contributed by atoms with Gasteiger partial charge in [0.2, 0.25) is 0 Å². The molecule has 2 unspecified atom stereocenters. The van der Waals surface area contributed by atoms with Crippen molar-refractivity contribution >= 4 is 5.57 Å². The van der Waals surface area contributed by atoms with Gasteiger partial charge in [0.05, 0.1) is 5.60 Å². The van der Waals surface area contributed by atoms with E-state index in [1.165, 1.54) is 0 Å². The molecule has 1 aliphatic heterocycles. The molecular weight excluding hydrogens is 208 g/mol. The molecule has 88 valence electrons. The number of rotatable bonds is 4. The van der Waals surface area contributed by atoms with Crippen molar-refractivity contribution in [3.63, 3.8) is 0 Å². The van der Waals surface area contributed by atoms with E-state index < -0.39 is 0 Å². The maximum absolute atomic E-state index is 5.73. The molecule has 0 aromatic heterocycles. The lowest BCUT2D eigenvalue weighted by atomic mass is 9.98. The molecule has 1 heteroatoms. The molecule has 1 aliphatic rings. The zero-order valence-electron chi connectivity index (χ0n) is 10.4. The van der Waals surface area contributed by atoms with E-state index in [2.05, 4.69) is 25.8 Å². The largest absolute Gasteiger partial charge is 0.362 e. The standard InChI is InChI=1S/C16H18O/c1-4-11-16(3)15(17-16)12-13(5-2)14-9-7-6-8-10-14/h2,6-10,12,15H,4,11H2,1,3H3/b13-12-. The van der Waals surface area contributed by atoms with Crippen molar-refractivity contribution in [1.82, 2.24) is 0 Å². The minimum Gasteiger partial charge on any atom is -0.362 e. The SMILES string of the molecule is C#C/C(=C/C1OC1(C)CCC)c1ccccc1. The lowest BCUT2D eigenvalue weighted by Crippen LogP contribution is -2.07. The minimum absolute atomic E-state index is 0.00559. The molecule has 0 aliphatic carbocycles. The van der Waals surface area contributed by atoms with Gasteiger partial charge in [0.1, 0.15) is 6.10 Å². The Morgan fingerprint density at radius 2 is 2.18 bits per heavy atom. The average molecular weight is 226 g/mol. The summed E-state index contributed by atoms with van der Waals surface area (Å²) >= 11 is 0. The average Bonchev–Trinajstić information content (AvgIpc) is 2.98. The molecule has 2 atom stereocenters. The second-order valence-electron chi connectivity index (χ2n) is 4.69. The Balaban J connectivity index is 2.15. The minimum atomic E-state index is 0.00559. The normalized spacial score (nSPS) is 27.6. The number of hydrogen-bond acceptors (Lipinski definition) is 1. The van der Waals surface area contributed by atoms with E-state index in [0.717, 1.165) is 24.0 Å². The quantitative estimate of drug-likeness (QED) is 0.564. The van der Waals surface area contributed by atoms with E-state index in [0.29, 0.717) is 0 Å². The van der Waals surface area contributed by atoms with Gasteiger partial charge in [0, 0.05) is 5.57 Å². The molecule has 0 spiro atoms. The van der Waals surface area contributed by atoms with Crippen LogP contribution < -0.4 is 0 Å². The van der Waals surface area contributed by atoms with Crippen molar-refractivity contribution < 1.29 is 4.74 Å². The zero-order chi connectivity index (χ0) is 12.3. The predicted molar refractivity (Wildman–Crippen MR) is 71.4 cm³/mol. The van der Waals surface area contributed by atoms with Gasteiger partial charge in [-0.05, 0) is 25.0 Å². The van der Waals surface area contributed by atoms with Crippen LogP contribution in [0, 0.1) is 12.3 Å². The predicted octanol–water partition coefficient (Wildman–Crippen LogP) is 3.66. The van der Waals surface area contributed by atoms with Crippen LogP contribution in [-0.2, 0) is 4.74 Å². The molecule has 1 aromatic carbocycles. The Hall–Kier alpha value is -1.52. The Morgan fingerprint density at radius 1 is 1.47 bits per heavy atom. The van der Waals surface area contributed by atoms with Gasteiger partial charge in [0.15, 0.2) is 0 Å². The molecule has 0 radical (unpaired) electrons. The molecule has 1 fully saturated rings. The van der Waals surface area contributed by atoms with Gasteiger partial charge in [-0.15, -0.1) is 6.42 Å². The maximum atomic E-state index is 5.73. The Kier molecular flexibility index (Phi) is 3.36. The lowest BCUT2D eigenvalue weighted by Gasteiger charge is -2.02. The van der Waals surface area contributed by atoms with Crippen LogP contribution in [0.4, 0.5) is 0 Å². The Morgan fingerprint density at radius 3 is 2.76 bits per heavy atom. The summed E-state index contributed by atoms with van der Waals surface area (Å²) in [6.07, 6.45) is 10.0. The van der Waals surface area contributed by atoms with Gasteiger partial charge in [-0.3, -0.25) is 0 Å². The van der Waals surface area contributed by atoms with Crippen LogP contribution in [0.25, 0.3) is 5.57 Å². The lowest BCUT2D eigenvalue weighted by molar-refractivity contribution is 0.301. The third-order valence-corrected chi connectivity index (χ3v) is 3.25. The summed E-state index contributed by atoms with van der Waals surface area (Å²) in [7, 11) is 0. The highest BCUT2D eigenvalue weighted by Gasteiger charge is 2.49. The molecule has 1 saturated heterocycles. The molecule has 0 N–H and O–H groups in total. The topological polar surface area (TPSA) is 12.5 Å². The first-order chi connectivity index (χ1) is 8.19. The Labute approximate surface area is 103 Å². The van der Waals surface area contributed by atoms with Crippen molar-refractivity contribution in [2.24, 2.45) is 0 Å². The molecule has 0 amide bonds. The fourth-order valence-electron chi connectivity index (χ4n) is 2.16. The summed E-state index contributed by atoms with van der Waals surface area (Å²) in [4.78, 5) is 0. The van der Waals surface area contributed by atoms with Crippen LogP contribution in [0.5, 0.6) is 0 Å². The van der Waals surface area contributed by atoms with Crippen molar-refractivity contribution in [3.05, 3.63) is 42.0 Å². The molecule has 1 aromatic rings. The number of allylic oxidation sites excluding steroid dienone is 1. The summed E-state index contributed by atoms with van der Waals surface area (Å²) in [5.74, 6) is 2.75. The summed E-state index contributed by atoms with van der Waals surface area (Å²) in [6, 6.07) is 10.1. The van der Waals surface area contributed by atoms with E-state index in [9.17, 15) is 0 Å². The molecule has 1 nitrogen and oxygen atoms in total. The number of ether oxygens (including phenoxy) is 1. The molecule has 17 heavy (non-hydrogen) atoms.